The van der Waals surface area contributed by atoms with Gasteiger partial charge in [-0.25, -0.2) is 0 Å². The minimum Gasteiger partial charge on any atom is -0.345 e. The van der Waals surface area contributed by atoms with Crippen LogP contribution in [0.2, 0.25) is 0 Å². The van der Waals surface area contributed by atoms with E-state index >= 15 is 0 Å². The van der Waals surface area contributed by atoms with Gasteiger partial charge < -0.3 is 9.80 Å². The molecule has 2 nitrogen and oxygen atoms in total. The minimum atomic E-state index is 1.12. The molecule has 0 spiro atoms. The van der Waals surface area contributed by atoms with Crippen LogP contribution in [0, 0.1) is 0 Å². The summed E-state index contributed by atoms with van der Waals surface area (Å²) in [6.07, 6.45) is 0. The summed E-state index contributed by atoms with van der Waals surface area (Å²) in [6.45, 7) is 0. The summed E-state index contributed by atoms with van der Waals surface area (Å²) in [5, 5.41) is 2.47. The van der Waals surface area contributed by atoms with E-state index < -0.39 is 0 Å². The molecule has 6 aromatic carbocycles. The van der Waals surface area contributed by atoms with Gasteiger partial charge in [0.05, 0.1) is 0 Å². The minimum absolute atomic E-state index is 1.12. The van der Waals surface area contributed by atoms with Crippen molar-refractivity contribution < 1.29 is 0 Å². The molecular weight excluding hydrogens is 448 g/mol. The third kappa shape index (κ3) is 4.70. The second kappa shape index (κ2) is 10.0. The van der Waals surface area contributed by atoms with Crippen molar-refractivity contribution in [3.05, 3.63) is 152 Å². The molecule has 0 aliphatic rings. The van der Waals surface area contributed by atoms with E-state index in [4.69, 9.17) is 0 Å². The lowest BCUT2D eigenvalue weighted by atomic mass is 10.0. The molecular formula is C35H28N2. The maximum atomic E-state index is 2.33. The molecule has 0 N–H and O–H groups in total. The number of hydrogen-bond acceptors (Lipinski definition) is 2. The van der Waals surface area contributed by atoms with Gasteiger partial charge in [0, 0.05) is 35.5 Å². The molecule has 0 amide bonds. The summed E-state index contributed by atoms with van der Waals surface area (Å²) in [5.41, 5.74) is 8.12. The van der Waals surface area contributed by atoms with Crippen LogP contribution in [-0.4, -0.2) is 7.05 Å². The molecule has 0 unspecified atom stereocenters. The SMILES string of the molecule is CN(c1ccccc1)c1ccc(N(c2ccc(-c3ccccc3)cc2)c2ccc3ccccc3c2)cc1. The summed E-state index contributed by atoms with van der Waals surface area (Å²) >= 11 is 0. The number of rotatable bonds is 6. The second-order valence-corrected chi connectivity index (χ2v) is 9.19. The third-order valence-electron chi connectivity index (χ3n) is 6.86. The molecule has 178 valence electrons. The Morgan fingerprint density at radius 2 is 0.811 bits per heavy atom. The number of fused-ring (bicyclic) bond motifs is 1. The van der Waals surface area contributed by atoms with Gasteiger partial charge in [0.15, 0.2) is 0 Å². The Bertz CT molecular complexity index is 1610. The highest BCUT2D eigenvalue weighted by molar-refractivity contribution is 5.89. The second-order valence-electron chi connectivity index (χ2n) is 9.19. The van der Waals surface area contributed by atoms with E-state index in [0.29, 0.717) is 0 Å². The smallest absolute Gasteiger partial charge is 0.0468 e. The lowest BCUT2D eigenvalue weighted by molar-refractivity contribution is 1.20. The zero-order valence-corrected chi connectivity index (χ0v) is 20.8. The standard InChI is InChI=1S/C35H28N2/c1-36(31-14-6-3-7-15-31)32-22-24-34(25-23-32)37(35-21-18-28-12-8-9-13-30(28)26-35)33-19-16-29(17-20-33)27-10-4-2-5-11-27/h2-26H,1H3. The Kier molecular flexibility index (Phi) is 6.14. The van der Waals surface area contributed by atoms with Crippen LogP contribution in [0.1, 0.15) is 0 Å². The summed E-state index contributed by atoms with van der Waals surface area (Å²) in [7, 11) is 2.10. The Morgan fingerprint density at radius 1 is 0.351 bits per heavy atom. The van der Waals surface area contributed by atoms with Crippen LogP contribution in [-0.2, 0) is 0 Å². The first-order valence-electron chi connectivity index (χ1n) is 12.6. The van der Waals surface area contributed by atoms with E-state index in [1.165, 1.54) is 21.9 Å². The van der Waals surface area contributed by atoms with Crippen molar-refractivity contribution in [3.8, 4) is 11.1 Å². The van der Waals surface area contributed by atoms with Gasteiger partial charge in [-0.1, -0.05) is 91.0 Å². The summed E-state index contributed by atoms with van der Waals surface area (Å²) < 4.78 is 0. The van der Waals surface area contributed by atoms with Crippen molar-refractivity contribution in [3.63, 3.8) is 0 Å². The van der Waals surface area contributed by atoms with Crippen molar-refractivity contribution in [2.24, 2.45) is 0 Å². The highest BCUT2D eigenvalue weighted by Crippen LogP contribution is 2.38. The zero-order valence-electron chi connectivity index (χ0n) is 20.8. The summed E-state index contributed by atoms with van der Waals surface area (Å²) in [4.78, 5) is 4.53. The van der Waals surface area contributed by atoms with Gasteiger partial charge in [0.2, 0.25) is 0 Å². The molecule has 6 aromatic rings. The van der Waals surface area contributed by atoms with Crippen LogP contribution in [0.5, 0.6) is 0 Å². The molecule has 0 aromatic heterocycles. The zero-order chi connectivity index (χ0) is 25.0. The van der Waals surface area contributed by atoms with Crippen LogP contribution in [0.15, 0.2) is 152 Å². The van der Waals surface area contributed by atoms with E-state index in [2.05, 4.69) is 162 Å². The van der Waals surface area contributed by atoms with E-state index in [9.17, 15) is 0 Å². The molecule has 0 fully saturated rings. The highest BCUT2D eigenvalue weighted by atomic mass is 15.1. The van der Waals surface area contributed by atoms with E-state index in [0.717, 1.165) is 28.4 Å². The molecule has 0 heterocycles. The van der Waals surface area contributed by atoms with E-state index in [1.54, 1.807) is 0 Å². The predicted molar refractivity (Wildman–Crippen MR) is 159 cm³/mol. The Hall–Kier alpha value is -4.82. The normalized spacial score (nSPS) is 10.8. The number of benzene rings is 6. The molecule has 0 aliphatic carbocycles. The lowest BCUT2D eigenvalue weighted by Crippen LogP contribution is -2.12. The number of anilines is 5. The predicted octanol–water partition coefficient (Wildman–Crippen LogP) is 9.74. The fraction of sp³-hybridized carbons (Fsp3) is 0.0286. The molecule has 0 bridgehead atoms. The van der Waals surface area contributed by atoms with E-state index in [1.807, 2.05) is 6.07 Å². The maximum absolute atomic E-state index is 2.33. The first kappa shape index (κ1) is 22.6. The fourth-order valence-corrected chi connectivity index (χ4v) is 4.82. The molecule has 0 saturated carbocycles. The van der Waals surface area contributed by atoms with Gasteiger partial charge in [0.1, 0.15) is 0 Å². The number of nitrogens with zero attached hydrogens (tertiary/aromatic N) is 2. The molecule has 37 heavy (non-hydrogen) atoms. The van der Waals surface area contributed by atoms with Crippen LogP contribution in [0.4, 0.5) is 28.4 Å². The van der Waals surface area contributed by atoms with Gasteiger partial charge in [-0.05, 0) is 82.6 Å². The van der Waals surface area contributed by atoms with Crippen molar-refractivity contribution in [1.82, 2.24) is 0 Å². The topological polar surface area (TPSA) is 6.48 Å². The number of hydrogen-bond donors (Lipinski definition) is 0. The quantitative estimate of drug-likeness (QED) is 0.236. The van der Waals surface area contributed by atoms with Gasteiger partial charge in [-0.2, -0.15) is 0 Å². The van der Waals surface area contributed by atoms with Crippen molar-refractivity contribution in [2.75, 3.05) is 16.8 Å². The average Bonchev–Trinajstić information content (AvgIpc) is 2.98. The third-order valence-corrected chi connectivity index (χ3v) is 6.86. The van der Waals surface area contributed by atoms with Gasteiger partial charge in [0.25, 0.3) is 0 Å². The largest absolute Gasteiger partial charge is 0.345 e. The lowest BCUT2D eigenvalue weighted by Gasteiger charge is -2.27. The van der Waals surface area contributed by atoms with Gasteiger partial charge >= 0.3 is 0 Å². The Balaban J connectivity index is 1.40. The first-order valence-corrected chi connectivity index (χ1v) is 12.6. The fourth-order valence-electron chi connectivity index (χ4n) is 4.82. The van der Waals surface area contributed by atoms with Crippen molar-refractivity contribution in [2.45, 2.75) is 0 Å². The Labute approximate surface area is 218 Å². The molecule has 0 saturated heterocycles. The Morgan fingerprint density at radius 3 is 1.49 bits per heavy atom. The van der Waals surface area contributed by atoms with Gasteiger partial charge in [-0.15, -0.1) is 0 Å². The molecule has 0 aliphatic heterocycles. The van der Waals surface area contributed by atoms with Crippen molar-refractivity contribution >= 4 is 39.2 Å². The summed E-state index contributed by atoms with van der Waals surface area (Å²) in [6, 6.07) is 53.8. The first-order chi connectivity index (χ1) is 18.3. The number of para-hydroxylation sites is 1. The maximum Gasteiger partial charge on any atom is 0.0468 e. The molecule has 0 radical (unpaired) electrons. The van der Waals surface area contributed by atoms with Crippen LogP contribution < -0.4 is 9.80 Å². The molecule has 2 heteroatoms. The molecule has 6 rings (SSSR count). The summed E-state index contributed by atoms with van der Waals surface area (Å²) in [5.74, 6) is 0. The van der Waals surface area contributed by atoms with Gasteiger partial charge in [-0.3, -0.25) is 0 Å². The highest BCUT2D eigenvalue weighted by Gasteiger charge is 2.14. The monoisotopic (exact) mass is 476 g/mol. The average molecular weight is 477 g/mol. The van der Waals surface area contributed by atoms with E-state index in [-0.39, 0.29) is 0 Å². The van der Waals surface area contributed by atoms with Crippen molar-refractivity contribution in [1.29, 1.82) is 0 Å². The molecule has 0 atom stereocenters. The van der Waals surface area contributed by atoms with Crippen LogP contribution in [0.3, 0.4) is 0 Å². The van der Waals surface area contributed by atoms with Crippen LogP contribution >= 0.6 is 0 Å². The van der Waals surface area contributed by atoms with Crippen LogP contribution in [0.25, 0.3) is 21.9 Å².